The predicted octanol–water partition coefficient (Wildman–Crippen LogP) is 3.60. The number of benzene rings is 2. The van der Waals surface area contributed by atoms with Crippen molar-refractivity contribution >= 4 is 16.9 Å². The Balaban J connectivity index is 1.87. The molecule has 1 N–H and O–H groups in total. The number of aryl methyl sites for hydroxylation is 2. The maximum atomic E-state index is 13.1. The fraction of sp³-hybridized carbons (Fsp3) is 0.348. The van der Waals surface area contributed by atoms with Crippen LogP contribution in [0.25, 0.3) is 11.0 Å². The number of rotatable bonds is 8. The molecular formula is C23H27N3O2. The molecule has 0 aliphatic carbocycles. The predicted molar refractivity (Wildman–Crippen MR) is 113 cm³/mol. The summed E-state index contributed by atoms with van der Waals surface area (Å²) in [5.74, 6) is -0.0344. The van der Waals surface area contributed by atoms with Crippen molar-refractivity contribution in [1.82, 2.24) is 14.9 Å². The van der Waals surface area contributed by atoms with Gasteiger partial charge in [-0.3, -0.25) is 9.59 Å². The lowest BCUT2D eigenvalue weighted by molar-refractivity contribution is -0.121. The zero-order chi connectivity index (χ0) is 19.9. The monoisotopic (exact) mass is 377 g/mol. The van der Waals surface area contributed by atoms with E-state index >= 15 is 0 Å². The number of nitrogens with zero attached hydrogens (tertiary/aromatic N) is 2. The SMILES string of the molecule is CCCCNC(=O)CCc1nc2ccccc2n(Cc2ccc(C)cc2)c1=O. The Labute approximate surface area is 165 Å². The fourth-order valence-electron chi connectivity index (χ4n) is 3.17. The highest BCUT2D eigenvalue weighted by Crippen LogP contribution is 2.13. The van der Waals surface area contributed by atoms with E-state index in [2.05, 4.69) is 17.2 Å². The van der Waals surface area contributed by atoms with Gasteiger partial charge in [-0.2, -0.15) is 0 Å². The Bertz CT molecular complexity index is 1010. The van der Waals surface area contributed by atoms with Crippen LogP contribution in [-0.4, -0.2) is 22.0 Å². The van der Waals surface area contributed by atoms with Crippen LogP contribution in [-0.2, 0) is 17.8 Å². The molecule has 3 rings (SSSR count). The number of hydrogen-bond donors (Lipinski definition) is 1. The number of hydrogen-bond acceptors (Lipinski definition) is 3. The summed E-state index contributed by atoms with van der Waals surface area (Å²) in [6, 6.07) is 15.8. The topological polar surface area (TPSA) is 64.0 Å². The third-order valence-corrected chi connectivity index (χ3v) is 4.82. The smallest absolute Gasteiger partial charge is 0.273 e. The van der Waals surface area contributed by atoms with E-state index in [1.807, 2.05) is 55.5 Å². The van der Waals surface area contributed by atoms with Crippen molar-refractivity contribution in [3.05, 3.63) is 75.7 Å². The molecule has 0 atom stereocenters. The summed E-state index contributed by atoms with van der Waals surface area (Å²) < 4.78 is 1.76. The zero-order valence-corrected chi connectivity index (χ0v) is 16.6. The molecule has 0 bridgehead atoms. The van der Waals surface area contributed by atoms with Crippen molar-refractivity contribution in [3.63, 3.8) is 0 Å². The third-order valence-electron chi connectivity index (χ3n) is 4.82. The lowest BCUT2D eigenvalue weighted by atomic mass is 10.1. The van der Waals surface area contributed by atoms with Crippen molar-refractivity contribution in [2.45, 2.75) is 46.1 Å². The minimum Gasteiger partial charge on any atom is -0.356 e. The molecule has 3 aromatic rings. The van der Waals surface area contributed by atoms with Crippen LogP contribution >= 0.6 is 0 Å². The van der Waals surface area contributed by atoms with Gasteiger partial charge in [-0.05, 0) is 31.0 Å². The minimum atomic E-state index is -0.124. The molecule has 0 fully saturated rings. The quantitative estimate of drug-likeness (QED) is 0.610. The summed E-state index contributed by atoms with van der Waals surface area (Å²) in [6.07, 6.45) is 2.61. The molecule has 0 radical (unpaired) electrons. The number of para-hydroxylation sites is 2. The summed E-state index contributed by atoms with van der Waals surface area (Å²) >= 11 is 0. The lowest BCUT2D eigenvalue weighted by Crippen LogP contribution is -2.29. The molecule has 2 aromatic carbocycles. The number of amides is 1. The van der Waals surface area contributed by atoms with Crippen molar-refractivity contribution < 1.29 is 4.79 Å². The molecule has 0 saturated carbocycles. The van der Waals surface area contributed by atoms with Crippen molar-refractivity contribution in [1.29, 1.82) is 0 Å². The largest absolute Gasteiger partial charge is 0.356 e. The second-order valence-corrected chi connectivity index (χ2v) is 7.13. The Morgan fingerprint density at radius 3 is 2.61 bits per heavy atom. The Morgan fingerprint density at radius 1 is 1.11 bits per heavy atom. The van der Waals surface area contributed by atoms with Crippen LogP contribution in [0.3, 0.4) is 0 Å². The Hall–Kier alpha value is -2.95. The van der Waals surface area contributed by atoms with Gasteiger partial charge in [-0.15, -0.1) is 0 Å². The highest BCUT2D eigenvalue weighted by molar-refractivity contribution is 5.77. The van der Waals surface area contributed by atoms with E-state index in [1.165, 1.54) is 5.56 Å². The zero-order valence-electron chi connectivity index (χ0n) is 16.6. The van der Waals surface area contributed by atoms with Crippen LogP contribution in [0.4, 0.5) is 0 Å². The van der Waals surface area contributed by atoms with Gasteiger partial charge in [0.25, 0.3) is 5.56 Å². The average molecular weight is 377 g/mol. The van der Waals surface area contributed by atoms with Crippen molar-refractivity contribution in [3.8, 4) is 0 Å². The number of nitrogens with one attached hydrogen (secondary N) is 1. The standard InChI is InChI=1S/C23H27N3O2/c1-3-4-15-24-22(27)14-13-20-23(28)26(16-18-11-9-17(2)10-12-18)21-8-6-5-7-19(21)25-20/h5-12H,3-4,13-16H2,1-2H3,(H,24,27). The van der Waals surface area contributed by atoms with Gasteiger partial charge in [-0.25, -0.2) is 4.98 Å². The van der Waals surface area contributed by atoms with Gasteiger partial charge in [0.05, 0.1) is 17.6 Å². The van der Waals surface area contributed by atoms with E-state index in [1.54, 1.807) is 4.57 Å². The molecule has 5 nitrogen and oxygen atoms in total. The van der Waals surface area contributed by atoms with Gasteiger partial charge in [-0.1, -0.05) is 55.3 Å². The molecule has 0 unspecified atom stereocenters. The number of carbonyl (C=O) groups excluding carboxylic acids is 1. The summed E-state index contributed by atoms with van der Waals surface area (Å²) in [4.78, 5) is 29.7. The molecule has 1 aromatic heterocycles. The van der Waals surface area contributed by atoms with Crippen LogP contribution in [0.15, 0.2) is 53.3 Å². The molecule has 0 aliphatic rings. The highest BCUT2D eigenvalue weighted by atomic mass is 16.1. The molecule has 0 saturated heterocycles. The van der Waals surface area contributed by atoms with Gasteiger partial charge >= 0.3 is 0 Å². The fourth-order valence-corrected chi connectivity index (χ4v) is 3.17. The summed E-state index contributed by atoms with van der Waals surface area (Å²) in [5.41, 5.74) is 4.15. The number of fused-ring (bicyclic) bond motifs is 1. The van der Waals surface area contributed by atoms with E-state index in [9.17, 15) is 9.59 Å². The van der Waals surface area contributed by atoms with Crippen LogP contribution in [0.5, 0.6) is 0 Å². The molecule has 0 spiro atoms. The van der Waals surface area contributed by atoms with Crippen LogP contribution in [0.1, 0.15) is 43.0 Å². The summed E-state index contributed by atoms with van der Waals surface area (Å²) in [7, 11) is 0. The molecule has 28 heavy (non-hydrogen) atoms. The van der Waals surface area contributed by atoms with E-state index in [0.717, 1.165) is 29.4 Å². The van der Waals surface area contributed by atoms with Gasteiger partial charge in [0.1, 0.15) is 5.69 Å². The maximum Gasteiger partial charge on any atom is 0.273 e. The van der Waals surface area contributed by atoms with Crippen LogP contribution in [0.2, 0.25) is 0 Å². The molecule has 5 heteroatoms. The van der Waals surface area contributed by atoms with Gasteiger partial charge in [0.2, 0.25) is 5.91 Å². The molecule has 1 amide bonds. The molecular weight excluding hydrogens is 350 g/mol. The molecule has 0 aliphatic heterocycles. The van der Waals surface area contributed by atoms with Crippen LogP contribution < -0.4 is 10.9 Å². The molecule has 1 heterocycles. The van der Waals surface area contributed by atoms with Gasteiger partial charge < -0.3 is 9.88 Å². The number of unbranched alkanes of at least 4 members (excludes halogenated alkanes) is 1. The summed E-state index contributed by atoms with van der Waals surface area (Å²) in [5, 5.41) is 2.89. The number of aromatic nitrogens is 2. The first-order valence-electron chi connectivity index (χ1n) is 9.89. The van der Waals surface area contributed by atoms with E-state index in [0.29, 0.717) is 25.2 Å². The van der Waals surface area contributed by atoms with Gasteiger partial charge in [0, 0.05) is 19.4 Å². The van der Waals surface area contributed by atoms with E-state index < -0.39 is 0 Å². The van der Waals surface area contributed by atoms with Crippen LogP contribution in [0, 0.1) is 6.92 Å². The Kier molecular flexibility index (Phi) is 6.58. The van der Waals surface area contributed by atoms with Crippen molar-refractivity contribution in [2.24, 2.45) is 0 Å². The van der Waals surface area contributed by atoms with Crippen molar-refractivity contribution in [2.75, 3.05) is 6.54 Å². The normalized spacial score (nSPS) is 10.9. The first-order valence-corrected chi connectivity index (χ1v) is 9.89. The van der Waals surface area contributed by atoms with E-state index in [-0.39, 0.29) is 17.9 Å². The van der Waals surface area contributed by atoms with Gasteiger partial charge in [0.15, 0.2) is 0 Å². The third kappa shape index (κ3) is 4.85. The highest BCUT2D eigenvalue weighted by Gasteiger charge is 2.13. The first kappa shape index (κ1) is 19.8. The lowest BCUT2D eigenvalue weighted by Gasteiger charge is -2.13. The minimum absolute atomic E-state index is 0.0344. The average Bonchev–Trinajstić information content (AvgIpc) is 2.70. The summed E-state index contributed by atoms with van der Waals surface area (Å²) in [6.45, 7) is 5.29. The van der Waals surface area contributed by atoms with E-state index in [4.69, 9.17) is 0 Å². The Morgan fingerprint density at radius 2 is 1.86 bits per heavy atom. The maximum absolute atomic E-state index is 13.1. The first-order chi connectivity index (χ1) is 13.6. The second kappa shape index (κ2) is 9.31. The number of carbonyl (C=O) groups is 1. The molecule has 146 valence electrons. The second-order valence-electron chi connectivity index (χ2n) is 7.13.